The molecule has 0 aliphatic heterocycles. The molecule has 0 atom stereocenters. The first-order valence-corrected chi connectivity index (χ1v) is 2.32. The van der Waals surface area contributed by atoms with Gasteiger partial charge in [0.1, 0.15) is 0 Å². The van der Waals surface area contributed by atoms with Crippen molar-refractivity contribution >= 4 is 23.1 Å². The van der Waals surface area contributed by atoms with Gasteiger partial charge >= 0.3 is 23.1 Å². The standard InChI is InChI=1S/C5H9.BrH.Mg/c1-2-4-5-3-1;;/h1H,2-5H2;1H;/q-1;;+2/p-1. The summed E-state index contributed by atoms with van der Waals surface area (Å²) in [6.45, 7) is 0. The van der Waals surface area contributed by atoms with E-state index in [1.165, 1.54) is 25.7 Å². The summed E-state index contributed by atoms with van der Waals surface area (Å²) < 4.78 is 0. The molecule has 0 saturated heterocycles. The Labute approximate surface area is 72.0 Å². The van der Waals surface area contributed by atoms with Crippen LogP contribution in [0.5, 0.6) is 0 Å². The van der Waals surface area contributed by atoms with E-state index in [-0.39, 0.29) is 40.0 Å². The maximum absolute atomic E-state index is 2.36. The molecular weight excluding hydrogens is 164 g/mol. The normalized spacial score (nSPS) is 17.1. The van der Waals surface area contributed by atoms with E-state index in [0.29, 0.717) is 0 Å². The second kappa shape index (κ2) is 7.25. The summed E-state index contributed by atoms with van der Waals surface area (Å²) in [7, 11) is 0. The fraction of sp³-hybridized carbons (Fsp3) is 0.800. The van der Waals surface area contributed by atoms with Gasteiger partial charge in [0.15, 0.2) is 0 Å². The Balaban J connectivity index is 0. The van der Waals surface area contributed by atoms with Crippen molar-refractivity contribution in [3.05, 3.63) is 6.42 Å². The largest absolute Gasteiger partial charge is 2.00 e. The number of hydrogen-bond acceptors (Lipinski definition) is 0. The van der Waals surface area contributed by atoms with Gasteiger partial charge in [0.25, 0.3) is 0 Å². The summed E-state index contributed by atoms with van der Waals surface area (Å²) in [5, 5.41) is 0. The summed E-state index contributed by atoms with van der Waals surface area (Å²) in [4.78, 5) is 0. The minimum atomic E-state index is 0. The van der Waals surface area contributed by atoms with Crippen LogP contribution in [0, 0.1) is 6.42 Å². The van der Waals surface area contributed by atoms with E-state index < -0.39 is 0 Å². The molecule has 2 heteroatoms. The Hall–Kier alpha value is 1.25. The Kier molecular flexibility index (Phi) is 11.5. The fourth-order valence-electron chi connectivity index (χ4n) is 0.722. The minimum absolute atomic E-state index is 0. The third kappa shape index (κ3) is 5.11. The molecule has 38 valence electrons. The molecule has 0 N–H and O–H groups in total. The Morgan fingerprint density at radius 2 is 1.43 bits per heavy atom. The molecule has 0 aromatic heterocycles. The quantitative estimate of drug-likeness (QED) is 0.305. The molecule has 1 saturated carbocycles. The van der Waals surface area contributed by atoms with E-state index in [9.17, 15) is 0 Å². The molecule has 0 heterocycles. The second-order valence-electron chi connectivity index (χ2n) is 1.57. The van der Waals surface area contributed by atoms with E-state index in [4.69, 9.17) is 0 Å². The summed E-state index contributed by atoms with van der Waals surface area (Å²) in [6.07, 6.45) is 8.00. The average molecular weight is 173 g/mol. The van der Waals surface area contributed by atoms with Crippen molar-refractivity contribution in [1.82, 2.24) is 0 Å². The molecular formula is C5H9BrMg. The van der Waals surface area contributed by atoms with Crippen molar-refractivity contribution in [2.45, 2.75) is 25.7 Å². The number of rotatable bonds is 0. The Morgan fingerprint density at radius 1 is 1.00 bits per heavy atom. The van der Waals surface area contributed by atoms with Gasteiger partial charge in [0.2, 0.25) is 0 Å². The third-order valence-electron chi connectivity index (χ3n) is 1.07. The van der Waals surface area contributed by atoms with Crippen LogP contribution >= 0.6 is 0 Å². The molecule has 1 fully saturated rings. The maximum Gasteiger partial charge on any atom is 2.00 e. The van der Waals surface area contributed by atoms with Crippen LogP contribution in [-0.2, 0) is 0 Å². The summed E-state index contributed by atoms with van der Waals surface area (Å²) in [5.74, 6) is 0. The number of halogens is 1. The SMILES string of the molecule is [Br-].[CH-]1CCCC1.[Mg+2]. The monoisotopic (exact) mass is 172 g/mol. The summed E-state index contributed by atoms with van der Waals surface area (Å²) in [6, 6.07) is 0. The van der Waals surface area contributed by atoms with E-state index in [1.807, 2.05) is 0 Å². The minimum Gasteiger partial charge on any atom is -1.00 e. The van der Waals surface area contributed by atoms with E-state index >= 15 is 0 Å². The summed E-state index contributed by atoms with van der Waals surface area (Å²) in [5.41, 5.74) is 0. The van der Waals surface area contributed by atoms with Crippen LogP contribution in [0.2, 0.25) is 0 Å². The van der Waals surface area contributed by atoms with Gasteiger partial charge in [0, 0.05) is 0 Å². The van der Waals surface area contributed by atoms with Crippen LogP contribution in [0.4, 0.5) is 0 Å². The first-order valence-electron chi connectivity index (χ1n) is 2.32. The van der Waals surface area contributed by atoms with E-state index in [2.05, 4.69) is 6.42 Å². The first kappa shape index (κ1) is 11.1. The molecule has 1 aliphatic carbocycles. The Morgan fingerprint density at radius 3 is 1.57 bits per heavy atom. The Bertz CT molecular complexity index is 19.7. The van der Waals surface area contributed by atoms with Crippen molar-refractivity contribution in [3.8, 4) is 0 Å². The molecule has 1 aliphatic rings. The van der Waals surface area contributed by atoms with Crippen molar-refractivity contribution in [2.24, 2.45) is 0 Å². The van der Waals surface area contributed by atoms with Gasteiger partial charge in [-0.05, 0) is 0 Å². The topological polar surface area (TPSA) is 0 Å². The van der Waals surface area contributed by atoms with Crippen molar-refractivity contribution in [2.75, 3.05) is 0 Å². The van der Waals surface area contributed by atoms with Gasteiger partial charge in [-0.3, -0.25) is 0 Å². The van der Waals surface area contributed by atoms with E-state index in [1.54, 1.807) is 0 Å². The number of hydrogen-bond donors (Lipinski definition) is 0. The third-order valence-corrected chi connectivity index (χ3v) is 1.07. The smallest absolute Gasteiger partial charge is 1.00 e. The van der Waals surface area contributed by atoms with Crippen molar-refractivity contribution < 1.29 is 17.0 Å². The molecule has 0 aromatic carbocycles. The molecule has 1 rings (SSSR count). The molecule has 0 aromatic rings. The van der Waals surface area contributed by atoms with Gasteiger partial charge in [-0.25, -0.2) is 0 Å². The molecule has 7 heavy (non-hydrogen) atoms. The zero-order chi connectivity index (χ0) is 3.54. The zero-order valence-corrected chi connectivity index (χ0v) is 7.49. The molecule has 0 radical (unpaired) electrons. The van der Waals surface area contributed by atoms with Gasteiger partial charge in [-0.2, -0.15) is 12.8 Å². The maximum atomic E-state index is 2.36. The van der Waals surface area contributed by atoms with Gasteiger partial charge in [-0.15, -0.1) is 0 Å². The van der Waals surface area contributed by atoms with Crippen molar-refractivity contribution in [1.29, 1.82) is 0 Å². The van der Waals surface area contributed by atoms with Gasteiger partial charge in [0.05, 0.1) is 0 Å². The fourth-order valence-corrected chi connectivity index (χ4v) is 0.722. The van der Waals surface area contributed by atoms with Crippen LogP contribution in [0.1, 0.15) is 25.7 Å². The predicted molar refractivity (Wildman–Crippen MR) is 28.5 cm³/mol. The van der Waals surface area contributed by atoms with Crippen molar-refractivity contribution in [3.63, 3.8) is 0 Å². The second-order valence-corrected chi connectivity index (χ2v) is 1.57. The van der Waals surface area contributed by atoms with Crippen LogP contribution < -0.4 is 17.0 Å². The molecule has 0 unspecified atom stereocenters. The van der Waals surface area contributed by atoms with Crippen LogP contribution in [0.3, 0.4) is 0 Å². The molecule has 0 bridgehead atoms. The van der Waals surface area contributed by atoms with Gasteiger partial charge in [-0.1, -0.05) is 12.8 Å². The van der Waals surface area contributed by atoms with Crippen LogP contribution in [0.25, 0.3) is 0 Å². The molecule has 0 amide bonds. The predicted octanol–water partition coefficient (Wildman–Crippen LogP) is -1.61. The zero-order valence-electron chi connectivity index (χ0n) is 4.49. The molecule has 0 nitrogen and oxygen atoms in total. The van der Waals surface area contributed by atoms with E-state index in [0.717, 1.165) is 0 Å². The van der Waals surface area contributed by atoms with Crippen LogP contribution in [0.15, 0.2) is 0 Å². The summed E-state index contributed by atoms with van der Waals surface area (Å²) >= 11 is 0. The first-order chi connectivity index (χ1) is 2.50. The van der Waals surface area contributed by atoms with Gasteiger partial charge < -0.3 is 23.4 Å². The van der Waals surface area contributed by atoms with Crippen LogP contribution in [-0.4, -0.2) is 23.1 Å². The molecule has 0 spiro atoms. The average Bonchev–Trinajstić information content (AvgIpc) is 1.76.